The molecule has 144 valence electrons. The van der Waals surface area contributed by atoms with Crippen LogP contribution in [0.5, 0.6) is 0 Å². The summed E-state index contributed by atoms with van der Waals surface area (Å²) >= 11 is 0. The van der Waals surface area contributed by atoms with Crippen LogP contribution < -0.4 is 11.1 Å². The van der Waals surface area contributed by atoms with Crippen molar-refractivity contribution < 1.29 is 4.79 Å². The van der Waals surface area contributed by atoms with E-state index in [0.717, 1.165) is 50.9 Å². The monoisotopic (exact) mass is 351 g/mol. The molecule has 0 spiro atoms. The number of nitrogens with two attached hydrogens (primary N) is 1. The smallest absolute Gasteiger partial charge is 0.217 e. The van der Waals surface area contributed by atoms with E-state index in [1.54, 1.807) is 0 Å². The Morgan fingerprint density at radius 3 is 2.56 bits per heavy atom. The summed E-state index contributed by atoms with van der Waals surface area (Å²) < 4.78 is 0. The quantitative estimate of drug-likeness (QED) is 0.540. The fourth-order valence-corrected chi connectivity index (χ4v) is 4.08. The third-order valence-corrected chi connectivity index (χ3v) is 5.60. The lowest BCUT2D eigenvalue weighted by Gasteiger charge is -2.35. The zero-order valence-electron chi connectivity index (χ0n) is 16.2. The molecule has 0 aliphatic carbocycles. The van der Waals surface area contributed by atoms with Crippen molar-refractivity contribution in [1.82, 2.24) is 15.1 Å². The van der Waals surface area contributed by atoms with Gasteiger partial charge in [-0.25, -0.2) is 0 Å². The molecule has 2 aliphatic heterocycles. The van der Waals surface area contributed by atoms with E-state index >= 15 is 0 Å². The van der Waals surface area contributed by atoms with Crippen LogP contribution >= 0.6 is 0 Å². The van der Waals surface area contributed by atoms with E-state index in [9.17, 15) is 4.79 Å². The van der Waals surface area contributed by atoms with Gasteiger partial charge in [-0.05, 0) is 70.5 Å². The van der Waals surface area contributed by atoms with Gasteiger partial charge in [0.05, 0.1) is 0 Å². The van der Waals surface area contributed by atoms with Gasteiger partial charge in [0, 0.05) is 32.6 Å². The van der Waals surface area contributed by atoms with Gasteiger partial charge < -0.3 is 20.9 Å². The first-order valence-corrected chi connectivity index (χ1v) is 10.2. The molecule has 1 unspecified atom stereocenters. The van der Waals surface area contributed by atoms with Crippen molar-refractivity contribution in [2.24, 2.45) is 22.6 Å². The van der Waals surface area contributed by atoms with Gasteiger partial charge in [0.15, 0.2) is 5.96 Å². The number of carbonyl (C=O) groups is 1. The standard InChI is InChI=1S/C19H37N5O/c1-3-21-19(24-11-5-6-17(15-24)14-18(20)25)22-10-7-16-8-12-23(4-2)13-9-16/h16-17H,3-15H2,1-2H3,(H2,20,25)(H,21,22). The number of amides is 1. The minimum absolute atomic E-state index is 0.188. The van der Waals surface area contributed by atoms with Crippen molar-refractivity contribution in [2.75, 3.05) is 45.8 Å². The third-order valence-electron chi connectivity index (χ3n) is 5.60. The fourth-order valence-electron chi connectivity index (χ4n) is 4.08. The average molecular weight is 352 g/mol. The highest BCUT2D eigenvalue weighted by Gasteiger charge is 2.24. The summed E-state index contributed by atoms with van der Waals surface area (Å²) in [6, 6.07) is 0. The SMILES string of the molecule is CCNC(=NCCC1CCN(CC)CC1)N1CCCC(CC(N)=O)C1. The number of carbonyl (C=O) groups excluding carboxylic acids is 1. The molecule has 6 heteroatoms. The Balaban J connectivity index is 1.82. The fraction of sp³-hybridized carbons (Fsp3) is 0.895. The topological polar surface area (TPSA) is 74.0 Å². The summed E-state index contributed by atoms with van der Waals surface area (Å²) in [6.07, 6.45) is 6.50. The molecule has 0 aromatic carbocycles. The minimum Gasteiger partial charge on any atom is -0.370 e. The minimum atomic E-state index is -0.188. The van der Waals surface area contributed by atoms with Crippen molar-refractivity contribution >= 4 is 11.9 Å². The summed E-state index contributed by atoms with van der Waals surface area (Å²) in [5, 5.41) is 3.43. The first-order valence-electron chi connectivity index (χ1n) is 10.2. The van der Waals surface area contributed by atoms with Crippen LogP contribution in [-0.2, 0) is 4.79 Å². The second kappa shape index (κ2) is 10.6. The van der Waals surface area contributed by atoms with Crippen molar-refractivity contribution in [1.29, 1.82) is 0 Å². The number of primary amides is 1. The molecule has 0 bridgehead atoms. The largest absolute Gasteiger partial charge is 0.370 e. The molecule has 1 amide bonds. The number of nitrogens with one attached hydrogen (secondary N) is 1. The predicted octanol–water partition coefficient (Wildman–Crippen LogP) is 1.66. The average Bonchev–Trinajstić information content (AvgIpc) is 2.61. The van der Waals surface area contributed by atoms with E-state index < -0.39 is 0 Å². The highest BCUT2D eigenvalue weighted by atomic mass is 16.1. The molecule has 0 aromatic rings. The Morgan fingerprint density at radius 1 is 1.16 bits per heavy atom. The molecule has 0 aromatic heterocycles. The van der Waals surface area contributed by atoms with Gasteiger partial charge >= 0.3 is 0 Å². The molecule has 2 aliphatic rings. The Morgan fingerprint density at radius 2 is 1.92 bits per heavy atom. The molecular formula is C19H37N5O. The van der Waals surface area contributed by atoms with Gasteiger partial charge in [0.1, 0.15) is 0 Å². The maximum atomic E-state index is 11.2. The van der Waals surface area contributed by atoms with Crippen LogP contribution in [0.3, 0.4) is 0 Å². The normalized spacial score (nSPS) is 23.7. The second-order valence-electron chi connectivity index (χ2n) is 7.53. The Bertz CT molecular complexity index is 432. The third kappa shape index (κ3) is 6.84. The number of aliphatic imine (C=N–C) groups is 1. The van der Waals surface area contributed by atoms with Crippen molar-refractivity contribution in [3.8, 4) is 0 Å². The maximum Gasteiger partial charge on any atom is 0.217 e. The highest BCUT2D eigenvalue weighted by Crippen LogP contribution is 2.21. The molecule has 0 radical (unpaired) electrons. The van der Waals surface area contributed by atoms with Crippen LogP contribution in [-0.4, -0.2) is 67.5 Å². The molecule has 1 atom stereocenters. The molecule has 2 saturated heterocycles. The summed E-state index contributed by atoms with van der Waals surface area (Å²) in [5.74, 6) is 2.02. The molecule has 0 saturated carbocycles. The number of piperidine rings is 2. The summed E-state index contributed by atoms with van der Waals surface area (Å²) in [6.45, 7) is 11.7. The summed E-state index contributed by atoms with van der Waals surface area (Å²) in [4.78, 5) is 21.0. The van der Waals surface area contributed by atoms with Gasteiger partial charge in [0.2, 0.25) is 5.91 Å². The Labute approximate surface area is 153 Å². The molecule has 3 N–H and O–H groups in total. The number of hydrogen-bond acceptors (Lipinski definition) is 3. The van der Waals surface area contributed by atoms with Crippen LogP contribution in [0.1, 0.15) is 52.4 Å². The highest BCUT2D eigenvalue weighted by molar-refractivity contribution is 5.80. The molecule has 2 fully saturated rings. The van der Waals surface area contributed by atoms with Crippen LogP contribution in [0.2, 0.25) is 0 Å². The number of nitrogens with zero attached hydrogens (tertiary/aromatic N) is 3. The second-order valence-corrected chi connectivity index (χ2v) is 7.53. The van der Waals surface area contributed by atoms with E-state index in [2.05, 4.69) is 29.0 Å². The Kier molecular flexibility index (Phi) is 8.52. The molecule has 2 rings (SSSR count). The predicted molar refractivity (Wildman–Crippen MR) is 104 cm³/mol. The van der Waals surface area contributed by atoms with Crippen LogP contribution in [0.25, 0.3) is 0 Å². The van der Waals surface area contributed by atoms with Crippen molar-refractivity contribution in [3.63, 3.8) is 0 Å². The van der Waals surface area contributed by atoms with Crippen LogP contribution in [0, 0.1) is 11.8 Å². The lowest BCUT2D eigenvalue weighted by atomic mass is 9.93. The summed E-state index contributed by atoms with van der Waals surface area (Å²) in [5.41, 5.74) is 5.38. The van der Waals surface area contributed by atoms with Crippen LogP contribution in [0.15, 0.2) is 4.99 Å². The molecule has 2 heterocycles. The molecule has 6 nitrogen and oxygen atoms in total. The van der Waals surface area contributed by atoms with Gasteiger partial charge in [-0.15, -0.1) is 0 Å². The zero-order valence-corrected chi connectivity index (χ0v) is 16.2. The zero-order chi connectivity index (χ0) is 18.1. The molecule has 25 heavy (non-hydrogen) atoms. The van der Waals surface area contributed by atoms with Crippen molar-refractivity contribution in [2.45, 2.75) is 52.4 Å². The first-order chi connectivity index (χ1) is 12.1. The summed E-state index contributed by atoms with van der Waals surface area (Å²) in [7, 11) is 0. The number of guanidine groups is 1. The van der Waals surface area contributed by atoms with E-state index in [1.807, 2.05) is 0 Å². The maximum absolute atomic E-state index is 11.2. The van der Waals surface area contributed by atoms with E-state index in [1.165, 1.54) is 38.9 Å². The number of hydrogen-bond donors (Lipinski definition) is 2. The van der Waals surface area contributed by atoms with E-state index in [-0.39, 0.29) is 5.91 Å². The van der Waals surface area contributed by atoms with Gasteiger partial charge in [0.25, 0.3) is 0 Å². The first kappa shape index (κ1) is 20.0. The van der Waals surface area contributed by atoms with Crippen molar-refractivity contribution in [3.05, 3.63) is 0 Å². The number of likely N-dealkylation sites (tertiary alicyclic amines) is 2. The van der Waals surface area contributed by atoms with Crippen LogP contribution in [0.4, 0.5) is 0 Å². The van der Waals surface area contributed by atoms with E-state index in [4.69, 9.17) is 10.7 Å². The van der Waals surface area contributed by atoms with Gasteiger partial charge in [-0.3, -0.25) is 9.79 Å². The van der Waals surface area contributed by atoms with Gasteiger partial charge in [-0.2, -0.15) is 0 Å². The lowest BCUT2D eigenvalue weighted by Crippen LogP contribution is -2.47. The van der Waals surface area contributed by atoms with E-state index in [0.29, 0.717) is 12.3 Å². The molecular weight excluding hydrogens is 314 g/mol. The number of rotatable bonds is 7. The lowest BCUT2D eigenvalue weighted by molar-refractivity contribution is -0.119. The van der Waals surface area contributed by atoms with Gasteiger partial charge in [-0.1, -0.05) is 6.92 Å². The Hall–Kier alpha value is -1.30.